The SMILES string of the molecule is Cn1c(=O)c2cc(S(=O)(=O)NC(C(=O)Nc3ccc(Cl)cc3)c3ccccc3)ccc2n(C)c1=O. The number of aromatic nitrogens is 2. The average molecular weight is 513 g/mol. The highest BCUT2D eigenvalue weighted by Crippen LogP contribution is 2.22. The maximum Gasteiger partial charge on any atom is 0.330 e. The Morgan fingerprint density at radius 2 is 1.57 bits per heavy atom. The van der Waals surface area contributed by atoms with Gasteiger partial charge in [-0.2, -0.15) is 4.72 Å². The van der Waals surface area contributed by atoms with E-state index in [1.807, 2.05) is 0 Å². The molecule has 4 rings (SSSR count). The number of fused-ring (bicyclic) bond motifs is 1. The largest absolute Gasteiger partial charge is 0.330 e. The lowest BCUT2D eigenvalue weighted by Gasteiger charge is -2.19. The van der Waals surface area contributed by atoms with Crippen molar-refractivity contribution < 1.29 is 13.2 Å². The number of hydrogen-bond acceptors (Lipinski definition) is 5. The normalized spacial score (nSPS) is 12.4. The number of aryl methyl sites for hydroxylation is 1. The molecule has 9 nitrogen and oxygen atoms in total. The van der Waals surface area contributed by atoms with Crippen molar-refractivity contribution in [2.24, 2.45) is 14.1 Å². The summed E-state index contributed by atoms with van der Waals surface area (Å²) in [6, 6.07) is 17.4. The molecule has 11 heteroatoms. The topological polar surface area (TPSA) is 119 Å². The molecule has 3 aromatic carbocycles. The number of carbonyl (C=O) groups excluding carboxylic acids is 1. The highest BCUT2D eigenvalue weighted by molar-refractivity contribution is 7.89. The molecule has 0 fully saturated rings. The van der Waals surface area contributed by atoms with Crippen LogP contribution in [-0.4, -0.2) is 23.5 Å². The molecular formula is C24H21ClN4O5S. The van der Waals surface area contributed by atoms with E-state index in [1.165, 1.54) is 36.9 Å². The van der Waals surface area contributed by atoms with Gasteiger partial charge in [0.1, 0.15) is 6.04 Å². The van der Waals surface area contributed by atoms with Gasteiger partial charge in [-0.1, -0.05) is 41.9 Å². The van der Waals surface area contributed by atoms with Gasteiger partial charge in [0.15, 0.2) is 0 Å². The summed E-state index contributed by atoms with van der Waals surface area (Å²) in [5.41, 5.74) is -0.00656. The monoisotopic (exact) mass is 512 g/mol. The summed E-state index contributed by atoms with van der Waals surface area (Å²) in [4.78, 5) is 37.7. The van der Waals surface area contributed by atoms with Crippen molar-refractivity contribution in [3.63, 3.8) is 0 Å². The molecule has 180 valence electrons. The van der Waals surface area contributed by atoms with E-state index in [0.717, 1.165) is 4.57 Å². The Morgan fingerprint density at radius 1 is 0.914 bits per heavy atom. The van der Waals surface area contributed by atoms with Crippen molar-refractivity contribution in [3.8, 4) is 0 Å². The Balaban J connectivity index is 1.74. The number of carbonyl (C=O) groups is 1. The quantitative estimate of drug-likeness (QED) is 0.411. The molecule has 1 atom stereocenters. The van der Waals surface area contributed by atoms with Crippen LogP contribution < -0.4 is 21.3 Å². The molecule has 0 aliphatic rings. The van der Waals surface area contributed by atoms with Crippen molar-refractivity contribution >= 4 is 44.1 Å². The summed E-state index contributed by atoms with van der Waals surface area (Å²) < 4.78 is 31.2. The molecular weight excluding hydrogens is 492 g/mol. The second-order valence-corrected chi connectivity index (χ2v) is 10.00. The van der Waals surface area contributed by atoms with E-state index in [2.05, 4.69) is 10.0 Å². The molecule has 2 N–H and O–H groups in total. The number of nitrogens with one attached hydrogen (secondary N) is 2. The summed E-state index contributed by atoms with van der Waals surface area (Å²) in [6.07, 6.45) is 0. The Bertz CT molecular complexity index is 1650. The van der Waals surface area contributed by atoms with Crippen molar-refractivity contribution in [1.82, 2.24) is 13.9 Å². The van der Waals surface area contributed by atoms with Crippen molar-refractivity contribution in [2.75, 3.05) is 5.32 Å². The maximum atomic E-state index is 13.3. The number of anilines is 1. The fraction of sp³-hybridized carbons (Fsp3) is 0.125. The van der Waals surface area contributed by atoms with E-state index in [9.17, 15) is 22.8 Å². The zero-order valence-corrected chi connectivity index (χ0v) is 20.3. The van der Waals surface area contributed by atoms with Crippen LogP contribution in [0.25, 0.3) is 10.9 Å². The summed E-state index contributed by atoms with van der Waals surface area (Å²) >= 11 is 5.90. The van der Waals surface area contributed by atoms with Gasteiger partial charge in [-0.25, -0.2) is 13.2 Å². The van der Waals surface area contributed by atoms with Gasteiger partial charge in [-0.05, 0) is 48.0 Å². The summed E-state index contributed by atoms with van der Waals surface area (Å²) in [5, 5.41) is 3.23. The number of nitrogens with zero attached hydrogens (tertiary/aromatic N) is 2. The molecule has 0 spiro atoms. The van der Waals surface area contributed by atoms with Crippen molar-refractivity contribution in [3.05, 3.63) is 104 Å². The summed E-state index contributed by atoms with van der Waals surface area (Å²) in [5.74, 6) is -0.610. The smallest absolute Gasteiger partial charge is 0.324 e. The number of halogens is 1. The summed E-state index contributed by atoms with van der Waals surface area (Å²) in [6.45, 7) is 0. The lowest BCUT2D eigenvalue weighted by atomic mass is 10.1. The van der Waals surface area contributed by atoms with Crippen LogP contribution in [0.2, 0.25) is 5.02 Å². The Kier molecular flexibility index (Phi) is 6.62. The predicted octanol–water partition coefficient (Wildman–Crippen LogP) is 2.55. The maximum absolute atomic E-state index is 13.3. The fourth-order valence-electron chi connectivity index (χ4n) is 3.63. The molecule has 0 bridgehead atoms. The van der Waals surface area contributed by atoms with Gasteiger partial charge in [0.25, 0.3) is 5.56 Å². The van der Waals surface area contributed by atoms with Crippen molar-refractivity contribution in [2.45, 2.75) is 10.9 Å². The molecule has 0 aliphatic heterocycles. The number of hydrogen-bond donors (Lipinski definition) is 2. The minimum atomic E-state index is -4.26. The lowest BCUT2D eigenvalue weighted by molar-refractivity contribution is -0.117. The molecule has 4 aromatic rings. The molecule has 0 radical (unpaired) electrons. The Hall–Kier alpha value is -3.73. The van der Waals surface area contributed by atoms with Gasteiger partial charge in [-0.15, -0.1) is 0 Å². The van der Waals surface area contributed by atoms with E-state index in [0.29, 0.717) is 16.3 Å². The van der Waals surface area contributed by atoms with Gasteiger partial charge in [0, 0.05) is 24.8 Å². The molecule has 0 aliphatic carbocycles. The van der Waals surface area contributed by atoms with Gasteiger partial charge >= 0.3 is 5.69 Å². The van der Waals surface area contributed by atoms with E-state index in [1.54, 1.807) is 54.6 Å². The first-order valence-electron chi connectivity index (χ1n) is 10.4. The average Bonchev–Trinajstić information content (AvgIpc) is 2.86. The van der Waals surface area contributed by atoms with E-state index in [4.69, 9.17) is 11.6 Å². The second kappa shape index (κ2) is 9.49. The third-order valence-corrected chi connectivity index (χ3v) is 7.20. The standard InChI is InChI=1S/C24H21ClN4O5S/c1-28-20-13-12-18(14-19(20)23(31)29(2)24(28)32)35(33,34)27-21(15-6-4-3-5-7-15)22(30)26-17-10-8-16(25)9-11-17/h3-14,21,27H,1-2H3,(H,26,30). The molecule has 0 saturated carbocycles. The second-order valence-electron chi connectivity index (χ2n) is 7.85. The molecule has 0 saturated heterocycles. The van der Waals surface area contributed by atoms with Crippen LogP contribution in [0.15, 0.2) is 87.3 Å². The van der Waals surface area contributed by atoms with Gasteiger partial charge in [-0.3, -0.25) is 18.7 Å². The highest BCUT2D eigenvalue weighted by Gasteiger charge is 2.28. The van der Waals surface area contributed by atoms with Crippen LogP contribution in [0.3, 0.4) is 0 Å². The number of rotatable bonds is 6. The number of benzene rings is 3. The highest BCUT2D eigenvalue weighted by atomic mass is 35.5. The van der Waals surface area contributed by atoms with Crippen LogP contribution in [0.4, 0.5) is 5.69 Å². The zero-order chi connectivity index (χ0) is 25.3. The summed E-state index contributed by atoms with van der Waals surface area (Å²) in [7, 11) is -1.46. The van der Waals surface area contributed by atoms with Gasteiger partial charge < -0.3 is 5.32 Å². The van der Waals surface area contributed by atoms with E-state index >= 15 is 0 Å². The minimum absolute atomic E-state index is 0.0550. The first-order valence-corrected chi connectivity index (χ1v) is 12.3. The zero-order valence-electron chi connectivity index (χ0n) is 18.7. The number of sulfonamides is 1. The van der Waals surface area contributed by atoms with Crippen LogP contribution in [0.5, 0.6) is 0 Å². The minimum Gasteiger partial charge on any atom is -0.324 e. The van der Waals surface area contributed by atoms with E-state index in [-0.39, 0.29) is 15.8 Å². The molecule has 1 unspecified atom stereocenters. The van der Waals surface area contributed by atoms with Crippen molar-refractivity contribution in [1.29, 1.82) is 0 Å². The first kappa shape index (κ1) is 24.4. The fourth-order valence-corrected chi connectivity index (χ4v) is 4.97. The van der Waals surface area contributed by atoms with Gasteiger partial charge in [0.05, 0.1) is 15.8 Å². The van der Waals surface area contributed by atoms with Gasteiger partial charge in [0.2, 0.25) is 15.9 Å². The Morgan fingerprint density at radius 3 is 2.23 bits per heavy atom. The molecule has 1 amide bonds. The first-order chi connectivity index (χ1) is 16.6. The third kappa shape index (κ3) is 4.90. The van der Waals surface area contributed by atoms with Crippen LogP contribution in [-0.2, 0) is 28.9 Å². The molecule has 35 heavy (non-hydrogen) atoms. The van der Waals surface area contributed by atoms with Crippen LogP contribution in [0, 0.1) is 0 Å². The molecule has 1 aromatic heterocycles. The molecule has 1 heterocycles. The predicted molar refractivity (Wildman–Crippen MR) is 134 cm³/mol. The third-order valence-electron chi connectivity index (χ3n) is 5.53. The van der Waals surface area contributed by atoms with Crippen LogP contribution in [0.1, 0.15) is 11.6 Å². The Labute approximate surface area is 205 Å². The number of amides is 1. The van der Waals surface area contributed by atoms with Crippen LogP contribution >= 0.6 is 11.6 Å². The lowest BCUT2D eigenvalue weighted by Crippen LogP contribution is -2.38. The van der Waals surface area contributed by atoms with E-state index < -0.39 is 33.2 Å².